The maximum absolute atomic E-state index is 12.6. The molecule has 0 fully saturated rings. The maximum Gasteiger partial charge on any atom is 0.257 e. The number of thiophene rings is 1. The normalized spacial score (nSPS) is 10.9. The van der Waals surface area contributed by atoms with Crippen molar-refractivity contribution in [2.75, 3.05) is 0 Å². The lowest BCUT2D eigenvalue weighted by Crippen LogP contribution is -2.24. The van der Waals surface area contributed by atoms with Crippen LogP contribution in [0.1, 0.15) is 26.7 Å². The molecular weight excluding hydrogens is 362 g/mol. The van der Waals surface area contributed by atoms with Gasteiger partial charge in [-0.25, -0.2) is 0 Å². The van der Waals surface area contributed by atoms with Crippen LogP contribution < -0.4 is 5.32 Å². The van der Waals surface area contributed by atoms with Gasteiger partial charge in [-0.15, -0.1) is 21.5 Å². The molecule has 0 aliphatic carbocycles. The van der Waals surface area contributed by atoms with Crippen LogP contribution in [0.2, 0.25) is 0 Å². The Labute approximate surface area is 159 Å². The first-order valence-corrected chi connectivity index (χ1v) is 9.23. The Morgan fingerprint density at radius 2 is 2.07 bits per heavy atom. The van der Waals surface area contributed by atoms with Crippen molar-refractivity contribution in [2.24, 2.45) is 0 Å². The highest BCUT2D eigenvalue weighted by molar-refractivity contribution is 7.15. The van der Waals surface area contributed by atoms with Crippen molar-refractivity contribution >= 4 is 17.2 Å². The second-order valence-corrected chi connectivity index (χ2v) is 7.24. The third kappa shape index (κ3) is 3.95. The molecule has 1 amide bonds. The molecule has 1 N–H and O–H groups in total. The Bertz CT molecular complexity index is 1050. The van der Waals surface area contributed by atoms with E-state index >= 15 is 0 Å². The molecule has 0 unspecified atom stereocenters. The molecule has 1 aromatic carbocycles. The molecule has 0 aliphatic rings. The van der Waals surface area contributed by atoms with Crippen molar-refractivity contribution in [1.82, 2.24) is 25.3 Å². The number of nitrogens with zero attached hydrogens (tertiary/aromatic N) is 4. The second-order valence-electron chi connectivity index (χ2n) is 5.95. The summed E-state index contributed by atoms with van der Waals surface area (Å²) >= 11 is 1.59. The summed E-state index contributed by atoms with van der Waals surface area (Å²) in [6.07, 6.45) is 3.58. The van der Waals surface area contributed by atoms with E-state index in [9.17, 15) is 4.79 Å². The topological polar surface area (TPSA) is 85.8 Å². The smallest absolute Gasteiger partial charge is 0.257 e. The average Bonchev–Trinajstić information content (AvgIpc) is 3.42. The summed E-state index contributed by atoms with van der Waals surface area (Å²) < 4.78 is 7.42. The second kappa shape index (κ2) is 7.55. The molecule has 3 heterocycles. The van der Waals surface area contributed by atoms with E-state index in [1.165, 1.54) is 4.88 Å². The summed E-state index contributed by atoms with van der Waals surface area (Å²) in [7, 11) is 0. The SMILES string of the molecule is Cc1ccc(-c2nnc(CNC(=O)c3ccccc3Cn3cccn3)o2)s1. The van der Waals surface area contributed by atoms with Gasteiger partial charge in [0.15, 0.2) is 0 Å². The first-order valence-electron chi connectivity index (χ1n) is 8.42. The molecule has 0 saturated carbocycles. The minimum absolute atomic E-state index is 0.173. The van der Waals surface area contributed by atoms with Crippen LogP contribution in [0.3, 0.4) is 0 Å². The number of rotatable bonds is 6. The van der Waals surface area contributed by atoms with Crippen LogP contribution in [0.25, 0.3) is 10.8 Å². The highest BCUT2D eigenvalue weighted by Crippen LogP contribution is 2.26. The van der Waals surface area contributed by atoms with E-state index in [1.807, 2.05) is 49.5 Å². The van der Waals surface area contributed by atoms with Crippen molar-refractivity contribution in [1.29, 1.82) is 0 Å². The van der Waals surface area contributed by atoms with E-state index < -0.39 is 0 Å². The van der Waals surface area contributed by atoms with E-state index in [2.05, 4.69) is 20.6 Å². The molecule has 0 radical (unpaired) electrons. The predicted molar refractivity (Wildman–Crippen MR) is 101 cm³/mol. The summed E-state index contributed by atoms with van der Waals surface area (Å²) in [5.41, 5.74) is 1.49. The van der Waals surface area contributed by atoms with Gasteiger partial charge in [-0.1, -0.05) is 18.2 Å². The van der Waals surface area contributed by atoms with E-state index in [1.54, 1.807) is 28.3 Å². The fourth-order valence-electron chi connectivity index (χ4n) is 2.67. The van der Waals surface area contributed by atoms with Crippen LogP contribution in [0, 0.1) is 6.92 Å². The van der Waals surface area contributed by atoms with Gasteiger partial charge in [0, 0.05) is 22.8 Å². The van der Waals surface area contributed by atoms with E-state index in [-0.39, 0.29) is 12.5 Å². The molecule has 0 atom stereocenters. The molecule has 0 saturated heterocycles. The number of aromatic nitrogens is 4. The zero-order chi connectivity index (χ0) is 18.6. The molecule has 4 rings (SSSR count). The Morgan fingerprint density at radius 1 is 1.19 bits per heavy atom. The summed E-state index contributed by atoms with van der Waals surface area (Å²) in [5.74, 6) is 0.648. The van der Waals surface area contributed by atoms with Crippen LogP contribution in [0.4, 0.5) is 0 Å². The first-order chi connectivity index (χ1) is 13.2. The minimum atomic E-state index is -0.190. The van der Waals surface area contributed by atoms with Gasteiger partial charge in [0.1, 0.15) is 0 Å². The van der Waals surface area contributed by atoms with Crippen LogP contribution in [-0.4, -0.2) is 25.9 Å². The monoisotopic (exact) mass is 379 g/mol. The fourth-order valence-corrected chi connectivity index (χ4v) is 3.46. The first kappa shape index (κ1) is 17.2. The van der Waals surface area contributed by atoms with Crippen molar-refractivity contribution in [3.05, 3.63) is 76.8 Å². The molecule has 4 aromatic rings. The largest absolute Gasteiger partial charge is 0.418 e. The third-order valence-electron chi connectivity index (χ3n) is 3.97. The van der Waals surface area contributed by atoms with Crippen molar-refractivity contribution in [3.8, 4) is 10.8 Å². The number of hydrogen-bond acceptors (Lipinski definition) is 6. The minimum Gasteiger partial charge on any atom is -0.418 e. The third-order valence-corrected chi connectivity index (χ3v) is 4.96. The summed E-state index contributed by atoms with van der Waals surface area (Å²) in [4.78, 5) is 14.7. The average molecular weight is 379 g/mol. The van der Waals surface area contributed by atoms with E-state index in [0.717, 1.165) is 10.4 Å². The molecular formula is C19H17N5O2S. The van der Waals surface area contributed by atoms with Crippen LogP contribution in [0.5, 0.6) is 0 Å². The summed E-state index contributed by atoms with van der Waals surface area (Å²) in [6.45, 7) is 2.72. The van der Waals surface area contributed by atoms with Crippen molar-refractivity contribution in [3.63, 3.8) is 0 Å². The van der Waals surface area contributed by atoms with Gasteiger partial charge >= 0.3 is 0 Å². The Balaban J connectivity index is 1.43. The number of benzene rings is 1. The van der Waals surface area contributed by atoms with Gasteiger partial charge in [0.05, 0.1) is 18.0 Å². The van der Waals surface area contributed by atoms with Crippen LogP contribution >= 0.6 is 11.3 Å². The van der Waals surface area contributed by atoms with Gasteiger partial charge in [-0.2, -0.15) is 5.10 Å². The standard InChI is InChI=1S/C19H17N5O2S/c1-13-7-8-16(27-13)19-23-22-17(26-19)11-20-18(25)15-6-3-2-5-14(15)12-24-10-4-9-21-24/h2-10H,11-12H2,1H3,(H,20,25). The number of aryl methyl sites for hydroxylation is 1. The lowest BCUT2D eigenvalue weighted by molar-refractivity contribution is 0.0946. The number of carbonyl (C=O) groups is 1. The molecule has 0 aliphatic heterocycles. The lowest BCUT2D eigenvalue weighted by Gasteiger charge is -2.09. The number of amides is 1. The number of nitrogens with one attached hydrogen (secondary N) is 1. The Morgan fingerprint density at radius 3 is 2.85 bits per heavy atom. The van der Waals surface area contributed by atoms with Gasteiger partial charge in [-0.3, -0.25) is 9.48 Å². The number of hydrogen-bond donors (Lipinski definition) is 1. The molecule has 3 aromatic heterocycles. The zero-order valence-corrected chi connectivity index (χ0v) is 15.4. The van der Waals surface area contributed by atoms with Crippen molar-refractivity contribution in [2.45, 2.75) is 20.0 Å². The Kier molecular flexibility index (Phi) is 4.80. The van der Waals surface area contributed by atoms with Gasteiger partial charge in [-0.05, 0) is 36.8 Å². The molecule has 0 spiro atoms. The predicted octanol–water partition coefficient (Wildman–Crippen LogP) is 3.28. The van der Waals surface area contributed by atoms with Crippen molar-refractivity contribution < 1.29 is 9.21 Å². The number of carbonyl (C=O) groups excluding carboxylic acids is 1. The highest BCUT2D eigenvalue weighted by Gasteiger charge is 2.14. The molecule has 8 heteroatoms. The van der Waals surface area contributed by atoms with E-state index in [0.29, 0.717) is 23.9 Å². The molecule has 0 bridgehead atoms. The lowest BCUT2D eigenvalue weighted by atomic mass is 10.1. The van der Waals surface area contributed by atoms with Gasteiger partial charge in [0.25, 0.3) is 11.8 Å². The molecule has 27 heavy (non-hydrogen) atoms. The van der Waals surface area contributed by atoms with Gasteiger partial charge in [0.2, 0.25) is 5.89 Å². The summed E-state index contributed by atoms with van der Waals surface area (Å²) in [6, 6.07) is 13.3. The van der Waals surface area contributed by atoms with Crippen LogP contribution in [-0.2, 0) is 13.1 Å². The maximum atomic E-state index is 12.6. The molecule has 136 valence electrons. The fraction of sp³-hybridized carbons (Fsp3) is 0.158. The highest BCUT2D eigenvalue weighted by atomic mass is 32.1. The zero-order valence-electron chi connectivity index (χ0n) is 14.6. The molecule has 7 nitrogen and oxygen atoms in total. The summed E-state index contributed by atoms with van der Waals surface area (Å²) in [5, 5.41) is 15.1. The Hall–Kier alpha value is -3.26. The van der Waals surface area contributed by atoms with Crippen LogP contribution in [0.15, 0.2) is 59.3 Å². The van der Waals surface area contributed by atoms with Gasteiger partial charge < -0.3 is 9.73 Å². The van der Waals surface area contributed by atoms with E-state index in [4.69, 9.17) is 4.42 Å². The quantitative estimate of drug-likeness (QED) is 0.556.